The highest BCUT2D eigenvalue weighted by Crippen LogP contribution is 2.32. The predicted molar refractivity (Wildman–Crippen MR) is 109 cm³/mol. The molecule has 0 spiro atoms. The van der Waals surface area contributed by atoms with Gasteiger partial charge in [0.1, 0.15) is 5.69 Å². The van der Waals surface area contributed by atoms with Gasteiger partial charge in [-0.25, -0.2) is 0 Å². The molecule has 1 unspecified atom stereocenters. The van der Waals surface area contributed by atoms with Gasteiger partial charge in [-0.3, -0.25) is 9.78 Å². The predicted octanol–water partition coefficient (Wildman–Crippen LogP) is 3.45. The minimum absolute atomic E-state index is 0.0597. The summed E-state index contributed by atoms with van der Waals surface area (Å²) in [6, 6.07) is 11.3. The molecule has 1 atom stereocenters. The molecule has 8 heteroatoms. The summed E-state index contributed by atoms with van der Waals surface area (Å²) < 4.78 is 16.7. The number of nitrogens with zero attached hydrogens (tertiary/aromatic N) is 4. The number of amides is 1. The number of hydrogen-bond acceptors (Lipinski definition) is 7. The highest BCUT2D eigenvalue weighted by molar-refractivity contribution is 5.79. The van der Waals surface area contributed by atoms with E-state index in [1.165, 1.54) is 0 Å². The Morgan fingerprint density at radius 1 is 1.13 bits per heavy atom. The summed E-state index contributed by atoms with van der Waals surface area (Å²) in [6.45, 7) is 5.99. The van der Waals surface area contributed by atoms with E-state index in [0.29, 0.717) is 61.6 Å². The maximum absolute atomic E-state index is 12.6. The maximum Gasteiger partial charge on any atom is 0.232 e. The van der Waals surface area contributed by atoms with Gasteiger partial charge in [-0.15, -0.1) is 0 Å². The Morgan fingerprint density at radius 3 is 2.73 bits per heavy atom. The number of likely N-dealkylation sites (tertiary alicyclic amines) is 1. The molecular formula is C22H24N4O4. The van der Waals surface area contributed by atoms with E-state index in [2.05, 4.69) is 15.1 Å². The van der Waals surface area contributed by atoms with Crippen molar-refractivity contribution in [2.75, 3.05) is 19.8 Å². The summed E-state index contributed by atoms with van der Waals surface area (Å²) in [5, 5.41) is 4.02. The zero-order chi connectivity index (χ0) is 20.9. The summed E-state index contributed by atoms with van der Waals surface area (Å²) in [4.78, 5) is 23.1. The van der Waals surface area contributed by atoms with Gasteiger partial charge in [0.05, 0.1) is 19.1 Å². The second-order valence-electron chi connectivity index (χ2n) is 6.99. The minimum Gasteiger partial charge on any atom is -0.490 e. The van der Waals surface area contributed by atoms with E-state index in [-0.39, 0.29) is 11.8 Å². The fourth-order valence-corrected chi connectivity index (χ4v) is 3.50. The van der Waals surface area contributed by atoms with Crippen molar-refractivity contribution in [3.63, 3.8) is 0 Å². The molecule has 1 aliphatic rings. The van der Waals surface area contributed by atoms with Crippen LogP contribution in [-0.4, -0.2) is 45.7 Å². The Labute approximate surface area is 174 Å². The summed E-state index contributed by atoms with van der Waals surface area (Å²) in [5.74, 6) is 2.23. The normalized spacial score (nSPS) is 16.1. The molecule has 0 bridgehead atoms. The van der Waals surface area contributed by atoms with E-state index in [9.17, 15) is 4.79 Å². The number of carbonyl (C=O) groups is 1. The van der Waals surface area contributed by atoms with Crippen molar-refractivity contribution in [1.29, 1.82) is 0 Å². The van der Waals surface area contributed by atoms with Crippen LogP contribution in [0, 0.1) is 0 Å². The van der Waals surface area contributed by atoms with Crippen molar-refractivity contribution in [3.05, 3.63) is 54.0 Å². The monoisotopic (exact) mass is 408 g/mol. The molecule has 2 aromatic heterocycles. The molecule has 156 valence electrons. The molecule has 30 heavy (non-hydrogen) atoms. The first-order chi connectivity index (χ1) is 14.7. The van der Waals surface area contributed by atoms with Crippen molar-refractivity contribution in [2.45, 2.75) is 32.7 Å². The van der Waals surface area contributed by atoms with Gasteiger partial charge in [-0.1, -0.05) is 17.3 Å². The van der Waals surface area contributed by atoms with Gasteiger partial charge in [-0.2, -0.15) is 4.98 Å². The van der Waals surface area contributed by atoms with E-state index in [0.717, 1.165) is 5.56 Å². The second kappa shape index (κ2) is 8.94. The first-order valence-electron chi connectivity index (χ1n) is 10.1. The quantitative estimate of drug-likeness (QED) is 0.564. The van der Waals surface area contributed by atoms with E-state index >= 15 is 0 Å². The van der Waals surface area contributed by atoms with E-state index in [4.69, 9.17) is 14.0 Å². The smallest absolute Gasteiger partial charge is 0.232 e. The largest absolute Gasteiger partial charge is 0.490 e. The van der Waals surface area contributed by atoms with E-state index < -0.39 is 0 Å². The maximum atomic E-state index is 12.6. The first kappa shape index (κ1) is 19.9. The lowest BCUT2D eigenvalue weighted by Gasteiger charge is -2.18. The average molecular weight is 408 g/mol. The zero-order valence-corrected chi connectivity index (χ0v) is 17.1. The van der Waals surface area contributed by atoms with E-state index in [1.807, 2.05) is 50.2 Å². The van der Waals surface area contributed by atoms with Crippen LogP contribution in [0.1, 0.15) is 37.6 Å². The minimum atomic E-state index is -0.128. The highest BCUT2D eigenvalue weighted by Gasteiger charge is 2.34. The van der Waals surface area contributed by atoms with Crippen LogP contribution in [0.15, 0.2) is 47.1 Å². The van der Waals surface area contributed by atoms with Crippen molar-refractivity contribution < 1.29 is 18.8 Å². The fourth-order valence-electron chi connectivity index (χ4n) is 3.50. The first-order valence-corrected chi connectivity index (χ1v) is 10.1. The lowest BCUT2D eigenvalue weighted by Crippen LogP contribution is -2.24. The molecule has 1 amide bonds. The van der Waals surface area contributed by atoms with Crippen LogP contribution in [0.2, 0.25) is 0 Å². The van der Waals surface area contributed by atoms with Gasteiger partial charge in [0.2, 0.25) is 17.6 Å². The summed E-state index contributed by atoms with van der Waals surface area (Å²) in [5.41, 5.74) is 1.63. The summed E-state index contributed by atoms with van der Waals surface area (Å²) in [6.07, 6.45) is 2.03. The molecule has 1 saturated heterocycles. The molecule has 4 rings (SSSR count). The standard InChI is InChI=1S/C22H24N4O4/c1-3-28-18-9-8-15(11-19(18)29-4-2)13-26-14-16(12-20(26)27)22-24-21(25-30-22)17-7-5-6-10-23-17/h5-11,16H,3-4,12-14H2,1-2H3. The van der Waals surface area contributed by atoms with Gasteiger partial charge in [-0.05, 0) is 43.7 Å². The summed E-state index contributed by atoms with van der Waals surface area (Å²) in [7, 11) is 0. The Morgan fingerprint density at radius 2 is 1.97 bits per heavy atom. The van der Waals surface area contributed by atoms with Gasteiger partial charge in [0, 0.05) is 25.7 Å². The Bertz CT molecular complexity index is 1010. The topological polar surface area (TPSA) is 90.6 Å². The zero-order valence-electron chi connectivity index (χ0n) is 17.1. The molecule has 3 aromatic rings. The van der Waals surface area contributed by atoms with Crippen molar-refractivity contribution in [3.8, 4) is 23.0 Å². The highest BCUT2D eigenvalue weighted by atomic mass is 16.5. The number of ether oxygens (including phenoxy) is 2. The number of benzene rings is 1. The van der Waals surface area contributed by atoms with Crippen LogP contribution in [0.3, 0.4) is 0 Å². The number of rotatable bonds is 8. The van der Waals surface area contributed by atoms with Gasteiger partial charge in [0.15, 0.2) is 11.5 Å². The Balaban J connectivity index is 1.45. The van der Waals surface area contributed by atoms with Gasteiger partial charge < -0.3 is 18.9 Å². The lowest BCUT2D eigenvalue weighted by molar-refractivity contribution is -0.128. The Hall–Kier alpha value is -3.42. The molecule has 0 radical (unpaired) electrons. The number of pyridine rings is 1. The van der Waals surface area contributed by atoms with Crippen LogP contribution in [-0.2, 0) is 11.3 Å². The van der Waals surface area contributed by atoms with Crippen LogP contribution in [0.5, 0.6) is 11.5 Å². The van der Waals surface area contributed by atoms with Gasteiger partial charge >= 0.3 is 0 Å². The SMILES string of the molecule is CCOc1ccc(CN2CC(c3nc(-c4ccccn4)no3)CC2=O)cc1OCC. The molecule has 1 fully saturated rings. The average Bonchev–Trinajstić information content (AvgIpc) is 3.38. The van der Waals surface area contributed by atoms with Crippen LogP contribution >= 0.6 is 0 Å². The van der Waals surface area contributed by atoms with Crippen molar-refractivity contribution >= 4 is 5.91 Å². The Kier molecular flexibility index (Phi) is 5.92. The molecule has 1 aromatic carbocycles. The van der Waals surface area contributed by atoms with E-state index in [1.54, 1.807) is 11.1 Å². The molecule has 0 aliphatic carbocycles. The molecule has 3 heterocycles. The van der Waals surface area contributed by atoms with Crippen molar-refractivity contribution in [1.82, 2.24) is 20.0 Å². The summed E-state index contributed by atoms with van der Waals surface area (Å²) >= 11 is 0. The molecule has 0 saturated carbocycles. The van der Waals surface area contributed by atoms with Crippen LogP contribution in [0.25, 0.3) is 11.5 Å². The molecule has 1 aliphatic heterocycles. The third-order valence-electron chi connectivity index (χ3n) is 4.88. The molecular weight excluding hydrogens is 384 g/mol. The number of aromatic nitrogens is 3. The third kappa shape index (κ3) is 4.27. The van der Waals surface area contributed by atoms with Crippen molar-refractivity contribution in [2.24, 2.45) is 0 Å². The molecule has 0 N–H and O–H groups in total. The van der Waals surface area contributed by atoms with Gasteiger partial charge in [0.25, 0.3) is 0 Å². The lowest BCUT2D eigenvalue weighted by atomic mass is 10.1. The second-order valence-corrected chi connectivity index (χ2v) is 6.99. The molecule has 8 nitrogen and oxygen atoms in total. The number of hydrogen-bond donors (Lipinski definition) is 0. The fraction of sp³-hybridized carbons (Fsp3) is 0.364. The number of carbonyl (C=O) groups excluding carboxylic acids is 1. The van der Waals surface area contributed by atoms with Crippen LogP contribution < -0.4 is 9.47 Å². The van der Waals surface area contributed by atoms with Crippen LogP contribution in [0.4, 0.5) is 0 Å². The third-order valence-corrected chi connectivity index (χ3v) is 4.88.